The van der Waals surface area contributed by atoms with Gasteiger partial charge in [0.2, 0.25) is 0 Å². The van der Waals surface area contributed by atoms with Crippen LogP contribution in [0, 0.1) is 12.5 Å². The molecular formula is C11H17NO4. The number of rotatable bonds is 2. The fourth-order valence-electron chi connectivity index (χ4n) is 1.48. The Labute approximate surface area is 95.2 Å². The molecule has 0 aromatic carbocycles. The van der Waals surface area contributed by atoms with Gasteiger partial charge < -0.3 is 14.7 Å². The predicted molar refractivity (Wildman–Crippen MR) is 57.7 cm³/mol. The highest BCUT2D eigenvalue weighted by Gasteiger charge is 2.19. The monoisotopic (exact) mass is 227 g/mol. The molecule has 0 radical (unpaired) electrons. The first-order chi connectivity index (χ1) is 7.61. The third-order valence-corrected chi connectivity index (χ3v) is 2.39. The number of carboxylic acid groups (broad SMARTS) is 1. The number of aliphatic carboxylic acids is 1. The smallest absolute Gasteiger partial charge is 0.386 e. The number of hydrogen-bond acceptors (Lipinski definition) is 3. The lowest BCUT2D eigenvalue weighted by Crippen LogP contribution is -2.16. The van der Waals surface area contributed by atoms with Crippen molar-refractivity contribution in [3.05, 3.63) is 11.4 Å². The van der Waals surface area contributed by atoms with Crippen LogP contribution >= 0.6 is 0 Å². The summed E-state index contributed by atoms with van der Waals surface area (Å²) in [6.07, 6.45) is 5.24. The number of ether oxygens (including phenoxy) is 1. The van der Waals surface area contributed by atoms with Crippen molar-refractivity contribution in [3.8, 4) is 0 Å². The predicted octanol–water partition coefficient (Wildman–Crippen LogP) is 1.73. The van der Waals surface area contributed by atoms with Crippen LogP contribution in [0.1, 0.15) is 32.1 Å². The van der Waals surface area contributed by atoms with Crippen molar-refractivity contribution in [3.63, 3.8) is 0 Å². The SMILES string of the molecule is O=C(O)C1CCCCC1.[C-]#[N+]CC(=O)OC. The lowest BCUT2D eigenvalue weighted by atomic mass is 9.90. The molecule has 0 saturated heterocycles. The summed E-state index contributed by atoms with van der Waals surface area (Å²) in [6.45, 7) is 5.99. The molecule has 0 amide bonds. The normalized spacial score (nSPS) is 15.2. The van der Waals surface area contributed by atoms with Gasteiger partial charge in [0.25, 0.3) is 0 Å². The summed E-state index contributed by atoms with van der Waals surface area (Å²) in [7, 11) is 1.26. The Kier molecular flexibility index (Phi) is 7.86. The number of carboxylic acids is 1. The van der Waals surface area contributed by atoms with Gasteiger partial charge in [-0.15, -0.1) is 0 Å². The average Bonchev–Trinajstić information content (AvgIpc) is 2.31. The Balaban J connectivity index is 0.000000293. The lowest BCUT2D eigenvalue weighted by Gasteiger charge is -2.16. The fraction of sp³-hybridized carbons (Fsp3) is 0.727. The highest BCUT2D eigenvalue weighted by Crippen LogP contribution is 2.23. The van der Waals surface area contributed by atoms with Crippen molar-refractivity contribution < 1.29 is 19.4 Å². The molecule has 0 unspecified atom stereocenters. The van der Waals surface area contributed by atoms with E-state index in [4.69, 9.17) is 11.7 Å². The molecule has 1 fully saturated rings. The van der Waals surface area contributed by atoms with E-state index in [1.807, 2.05) is 0 Å². The van der Waals surface area contributed by atoms with Crippen molar-refractivity contribution in [2.75, 3.05) is 13.7 Å². The number of carbonyl (C=O) groups excluding carboxylic acids is 1. The van der Waals surface area contributed by atoms with Crippen LogP contribution in [0.3, 0.4) is 0 Å². The van der Waals surface area contributed by atoms with Crippen LogP contribution in [0.15, 0.2) is 0 Å². The minimum atomic E-state index is -0.602. The Bertz CT molecular complexity index is 264. The summed E-state index contributed by atoms with van der Waals surface area (Å²) in [4.78, 5) is 23.1. The molecule has 0 spiro atoms. The minimum absolute atomic E-state index is 0.0289. The van der Waals surface area contributed by atoms with Gasteiger partial charge in [0.1, 0.15) is 0 Å². The van der Waals surface area contributed by atoms with Crippen LogP contribution in [-0.2, 0) is 14.3 Å². The Morgan fingerprint density at radius 3 is 2.19 bits per heavy atom. The molecule has 0 heterocycles. The molecule has 1 N–H and O–H groups in total. The molecule has 0 aromatic rings. The molecule has 16 heavy (non-hydrogen) atoms. The zero-order valence-corrected chi connectivity index (χ0v) is 9.44. The molecule has 1 aliphatic rings. The Hall–Kier alpha value is -1.57. The van der Waals surface area contributed by atoms with Gasteiger partial charge in [-0.2, -0.15) is 0 Å². The standard InChI is InChI=1S/C7H12O2.C4H5NO2/c8-7(9)6-4-2-1-3-5-6;1-5-3-4(6)7-2/h6H,1-5H2,(H,8,9);3H2,2H3. The maximum absolute atomic E-state index is 10.4. The van der Waals surface area contributed by atoms with Crippen LogP contribution in [0.4, 0.5) is 0 Å². The molecule has 5 heteroatoms. The summed E-state index contributed by atoms with van der Waals surface area (Å²) >= 11 is 0. The third-order valence-electron chi connectivity index (χ3n) is 2.39. The van der Waals surface area contributed by atoms with Crippen LogP contribution in [0.25, 0.3) is 4.85 Å². The largest absolute Gasteiger partial charge is 0.481 e. The van der Waals surface area contributed by atoms with Gasteiger partial charge in [-0.1, -0.05) is 19.3 Å². The van der Waals surface area contributed by atoms with E-state index in [9.17, 15) is 9.59 Å². The van der Waals surface area contributed by atoms with Gasteiger partial charge in [0.15, 0.2) is 0 Å². The molecule has 1 rings (SSSR count). The zero-order valence-electron chi connectivity index (χ0n) is 9.44. The number of carbonyl (C=O) groups is 2. The third kappa shape index (κ3) is 6.82. The van der Waals surface area contributed by atoms with Crippen molar-refractivity contribution in [1.29, 1.82) is 0 Å². The average molecular weight is 227 g/mol. The van der Waals surface area contributed by atoms with Crippen LogP contribution < -0.4 is 0 Å². The summed E-state index contributed by atoms with van der Waals surface area (Å²) in [6, 6.07) is 0. The zero-order chi connectivity index (χ0) is 12.4. The first kappa shape index (κ1) is 14.4. The first-order valence-electron chi connectivity index (χ1n) is 5.24. The van der Waals surface area contributed by atoms with Crippen LogP contribution in [-0.4, -0.2) is 30.7 Å². The molecule has 1 saturated carbocycles. The molecule has 0 aliphatic heterocycles. The molecule has 1 aliphatic carbocycles. The lowest BCUT2D eigenvalue weighted by molar-refractivity contribution is -0.142. The number of hydrogen-bond donors (Lipinski definition) is 1. The highest BCUT2D eigenvalue weighted by molar-refractivity contribution is 5.72. The van der Waals surface area contributed by atoms with Gasteiger partial charge in [-0.05, 0) is 12.8 Å². The summed E-state index contributed by atoms with van der Waals surface area (Å²) in [5.41, 5.74) is 0. The molecular weight excluding hydrogens is 210 g/mol. The number of nitrogens with zero attached hydrogens (tertiary/aromatic N) is 1. The van der Waals surface area contributed by atoms with Crippen molar-refractivity contribution in [2.45, 2.75) is 32.1 Å². The van der Waals surface area contributed by atoms with E-state index < -0.39 is 11.9 Å². The Morgan fingerprint density at radius 1 is 1.38 bits per heavy atom. The maximum Gasteiger partial charge on any atom is 0.386 e. The molecule has 0 bridgehead atoms. The van der Waals surface area contributed by atoms with E-state index in [2.05, 4.69) is 9.58 Å². The molecule has 5 nitrogen and oxygen atoms in total. The van der Waals surface area contributed by atoms with E-state index in [1.165, 1.54) is 13.5 Å². The van der Waals surface area contributed by atoms with E-state index in [1.54, 1.807) is 0 Å². The first-order valence-corrected chi connectivity index (χ1v) is 5.24. The number of methoxy groups -OCH3 is 1. The second kappa shape index (κ2) is 8.72. The molecule has 0 aromatic heterocycles. The molecule has 0 atom stereocenters. The number of esters is 1. The quantitative estimate of drug-likeness (QED) is 0.576. The highest BCUT2D eigenvalue weighted by atomic mass is 16.5. The van der Waals surface area contributed by atoms with Crippen molar-refractivity contribution in [1.82, 2.24) is 0 Å². The van der Waals surface area contributed by atoms with Gasteiger partial charge in [0.05, 0.1) is 13.0 Å². The minimum Gasteiger partial charge on any atom is -0.481 e. The topological polar surface area (TPSA) is 68.0 Å². The second-order valence-electron chi connectivity index (χ2n) is 3.57. The Morgan fingerprint density at radius 2 is 1.94 bits per heavy atom. The van der Waals surface area contributed by atoms with Gasteiger partial charge in [-0.3, -0.25) is 4.79 Å². The van der Waals surface area contributed by atoms with Crippen molar-refractivity contribution in [2.24, 2.45) is 5.92 Å². The van der Waals surface area contributed by atoms with Gasteiger partial charge >= 0.3 is 18.5 Å². The van der Waals surface area contributed by atoms with Crippen LogP contribution in [0.5, 0.6) is 0 Å². The van der Waals surface area contributed by atoms with E-state index in [0.717, 1.165) is 25.7 Å². The fourth-order valence-corrected chi connectivity index (χ4v) is 1.48. The molecule has 90 valence electrons. The second-order valence-corrected chi connectivity index (χ2v) is 3.57. The van der Waals surface area contributed by atoms with Gasteiger partial charge in [0, 0.05) is 0 Å². The van der Waals surface area contributed by atoms with E-state index >= 15 is 0 Å². The van der Waals surface area contributed by atoms with E-state index in [0.29, 0.717) is 0 Å². The van der Waals surface area contributed by atoms with Gasteiger partial charge in [-0.25, -0.2) is 11.4 Å². The summed E-state index contributed by atoms with van der Waals surface area (Å²) in [5, 5.41) is 8.54. The summed E-state index contributed by atoms with van der Waals surface area (Å²) < 4.78 is 4.14. The van der Waals surface area contributed by atoms with Crippen LogP contribution in [0.2, 0.25) is 0 Å². The van der Waals surface area contributed by atoms with E-state index in [-0.39, 0.29) is 12.5 Å². The van der Waals surface area contributed by atoms with Crippen molar-refractivity contribution >= 4 is 11.9 Å². The summed E-state index contributed by atoms with van der Waals surface area (Å²) in [5.74, 6) is -1.11. The maximum atomic E-state index is 10.4.